The van der Waals surface area contributed by atoms with E-state index < -0.39 is 11.9 Å². The van der Waals surface area contributed by atoms with E-state index in [4.69, 9.17) is 19.7 Å². The van der Waals surface area contributed by atoms with Gasteiger partial charge in [0.1, 0.15) is 12.2 Å². The predicted octanol–water partition coefficient (Wildman–Crippen LogP) is 2.14. The fourth-order valence-corrected chi connectivity index (χ4v) is 4.01. The molecular weight excluding hydrogens is 344 g/mol. The van der Waals surface area contributed by atoms with E-state index in [9.17, 15) is 19.2 Å². The van der Waals surface area contributed by atoms with Crippen LogP contribution in [0.2, 0.25) is 0 Å². The standard InChI is InChI=1S/C18H26O8/c19-15(20)3-1-5-17(23)25-13-9-7-12-11(13)8-10-14(12)26-18(24)6-2-4-16(21)22/h11-14H,1-10H2,(H,19,20)(H,21,22)/t11-,12-,13+,14+/m0/s1. The highest BCUT2D eigenvalue weighted by Crippen LogP contribution is 2.47. The third kappa shape index (κ3) is 6.00. The third-order valence-corrected chi connectivity index (χ3v) is 5.18. The van der Waals surface area contributed by atoms with Crippen LogP contribution in [0.3, 0.4) is 0 Å². The van der Waals surface area contributed by atoms with Crippen molar-refractivity contribution in [1.82, 2.24) is 0 Å². The Labute approximate surface area is 151 Å². The number of carbonyl (C=O) groups is 4. The summed E-state index contributed by atoms with van der Waals surface area (Å²) >= 11 is 0. The number of ether oxygens (including phenoxy) is 2. The van der Waals surface area contributed by atoms with Crippen molar-refractivity contribution in [3.05, 3.63) is 0 Å². The van der Waals surface area contributed by atoms with Gasteiger partial charge in [0.05, 0.1) is 0 Å². The molecule has 2 aliphatic carbocycles. The van der Waals surface area contributed by atoms with E-state index in [-0.39, 0.29) is 74.5 Å². The Balaban J connectivity index is 1.72. The maximum Gasteiger partial charge on any atom is 0.306 e. The molecule has 146 valence electrons. The zero-order valence-electron chi connectivity index (χ0n) is 14.7. The Morgan fingerprint density at radius 3 is 1.38 bits per heavy atom. The van der Waals surface area contributed by atoms with Crippen LogP contribution in [0, 0.1) is 11.8 Å². The van der Waals surface area contributed by atoms with Gasteiger partial charge in [-0.15, -0.1) is 0 Å². The zero-order chi connectivity index (χ0) is 19.1. The summed E-state index contributed by atoms with van der Waals surface area (Å²) < 4.78 is 11.0. The van der Waals surface area contributed by atoms with Crippen LogP contribution in [0.4, 0.5) is 0 Å². The molecule has 2 fully saturated rings. The molecule has 0 unspecified atom stereocenters. The minimum absolute atomic E-state index is 0.0499. The van der Waals surface area contributed by atoms with Crippen molar-refractivity contribution < 1.29 is 38.9 Å². The molecule has 2 aliphatic rings. The Kier molecular flexibility index (Phi) is 7.41. The molecule has 8 nitrogen and oxygen atoms in total. The predicted molar refractivity (Wildman–Crippen MR) is 88.2 cm³/mol. The van der Waals surface area contributed by atoms with Crippen LogP contribution in [-0.4, -0.2) is 46.3 Å². The van der Waals surface area contributed by atoms with Gasteiger partial charge in [-0.2, -0.15) is 0 Å². The van der Waals surface area contributed by atoms with Gasteiger partial charge in [0.2, 0.25) is 0 Å². The highest BCUT2D eigenvalue weighted by atomic mass is 16.6. The Morgan fingerprint density at radius 1 is 0.654 bits per heavy atom. The lowest BCUT2D eigenvalue weighted by Crippen LogP contribution is -2.26. The number of carbonyl (C=O) groups excluding carboxylic acids is 2. The van der Waals surface area contributed by atoms with E-state index in [1.165, 1.54) is 0 Å². The van der Waals surface area contributed by atoms with Gasteiger partial charge in [-0.3, -0.25) is 19.2 Å². The molecule has 0 aromatic heterocycles. The summed E-state index contributed by atoms with van der Waals surface area (Å²) in [4.78, 5) is 44.7. The van der Waals surface area contributed by atoms with E-state index in [0.717, 1.165) is 25.7 Å². The van der Waals surface area contributed by atoms with E-state index in [2.05, 4.69) is 0 Å². The number of carboxylic acid groups (broad SMARTS) is 2. The van der Waals surface area contributed by atoms with Crippen molar-refractivity contribution >= 4 is 23.9 Å². The second-order valence-electron chi connectivity index (χ2n) is 7.03. The molecule has 2 rings (SSSR count). The van der Waals surface area contributed by atoms with Crippen molar-refractivity contribution in [2.24, 2.45) is 11.8 Å². The molecule has 0 spiro atoms. The molecule has 8 heteroatoms. The second kappa shape index (κ2) is 9.54. The van der Waals surface area contributed by atoms with Crippen LogP contribution < -0.4 is 0 Å². The molecule has 0 heterocycles. The fraction of sp³-hybridized carbons (Fsp3) is 0.778. The van der Waals surface area contributed by atoms with Crippen molar-refractivity contribution in [3.63, 3.8) is 0 Å². The van der Waals surface area contributed by atoms with Gasteiger partial charge in [-0.1, -0.05) is 0 Å². The Hall–Kier alpha value is -2.12. The van der Waals surface area contributed by atoms with Crippen LogP contribution in [0.1, 0.15) is 64.2 Å². The molecule has 26 heavy (non-hydrogen) atoms. The summed E-state index contributed by atoms with van der Waals surface area (Å²) in [6.07, 6.45) is 3.37. The number of aliphatic carboxylic acids is 2. The molecule has 0 aromatic carbocycles. The van der Waals surface area contributed by atoms with Gasteiger partial charge >= 0.3 is 23.9 Å². The molecule has 2 N–H and O–H groups in total. The number of rotatable bonds is 10. The first kappa shape index (κ1) is 20.2. The maximum atomic E-state index is 11.9. The van der Waals surface area contributed by atoms with Crippen molar-refractivity contribution in [1.29, 1.82) is 0 Å². The molecule has 0 amide bonds. The van der Waals surface area contributed by atoms with Gasteiger partial charge < -0.3 is 19.7 Å². The molecule has 0 bridgehead atoms. The molecular formula is C18H26O8. The summed E-state index contributed by atoms with van der Waals surface area (Å²) in [5.41, 5.74) is 0. The van der Waals surface area contributed by atoms with Gasteiger partial charge in [0.25, 0.3) is 0 Å². The average Bonchev–Trinajstić information content (AvgIpc) is 3.10. The lowest BCUT2D eigenvalue weighted by Gasteiger charge is -2.21. The minimum Gasteiger partial charge on any atom is -0.481 e. The summed E-state index contributed by atoms with van der Waals surface area (Å²) in [7, 11) is 0. The topological polar surface area (TPSA) is 127 Å². The van der Waals surface area contributed by atoms with Gasteiger partial charge in [0, 0.05) is 37.5 Å². The molecule has 4 atom stereocenters. The summed E-state index contributed by atoms with van der Waals surface area (Å²) in [5.74, 6) is -2.24. The monoisotopic (exact) mass is 370 g/mol. The van der Waals surface area contributed by atoms with Crippen LogP contribution in [0.15, 0.2) is 0 Å². The van der Waals surface area contributed by atoms with Crippen LogP contribution in [0.25, 0.3) is 0 Å². The molecule has 0 saturated heterocycles. The van der Waals surface area contributed by atoms with Gasteiger partial charge in [0.15, 0.2) is 0 Å². The van der Waals surface area contributed by atoms with Crippen molar-refractivity contribution in [2.75, 3.05) is 0 Å². The lowest BCUT2D eigenvalue weighted by atomic mass is 9.98. The third-order valence-electron chi connectivity index (χ3n) is 5.18. The van der Waals surface area contributed by atoms with Gasteiger partial charge in [-0.05, 0) is 38.5 Å². The van der Waals surface area contributed by atoms with Crippen molar-refractivity contribution in [3.8, 4) is 0 Å². The molecule has 0 aliphatic heterocycles. The Bertz CT molecular complexity index is 495. The van der Waals surface area contributed by atoms with Crippen molar-refractivity contribution in [2.45, 2.75) is 76.4 Å². The second-order valence-corrected chi connectivity index (χ2v) is 7.03. The van der Waals surface area contributed by atoms with E-state index in [0.29, 0.717) is 0 Å². The largest absolute Gasteiger partial charge is 0.481 e. The first-order chi connectivity index (χ1) is 12.4. The fourth-order valence-electron chi connectivity index (χ4n) is 4.01. The number of carboxylic acids is 2. The zero-order valence-corrected chi connectivity index (χ0v) is 14.7. The van der Waals surface area contributed by atoms with E-state index in [1.54, 1.807) is 0 Å². The van der Waals surface area contributed by atoms with Gasteiger partial charge in [-0.25, -0.2) is 0 Å². The number of hydrogen-bond acceptors (Lipinski definition) is 6. The normalized spacial score (nSPS) is 26.9. The first-order valence-corrected chi connectivity index (χ1v) is 9.19. The highest BCUT2D eigenvalue weighted by molar-refractivity contribution is 5.72. The number of fused-ring (bicyclic) bond motifs is 1. The molecule has 2 saturated carbocycles. The smallest absolute Gasteiger partial charge is 0.306 e. The number of esters is 2. The number of hydrogen-bond donors (Lipinski definition) is 2. The molecule has 0 radical (unpaired) electrons. The summed E-state index contributed by atoms with van der Waals surface area (Å²) in [6.45, 7) is 0. The molecule has 0 aromatic rings. The van der Waals surface area contributed by atoms with Crippen LogP contribution in [0.5, 0.6) is 0 Å². The van der Waals surface area contributed by atoms with E-state index in [1.807, 2.05) is 0 Å². The summed E-state index contributed by atoms with van der Waals surface area (Å²) in [5, 5.41) is 17.2. The maximum absolute atomic E-state index is 11.9. The van der Waals surface area contributed by atoms with E-state index >= 15 is 0 Å². The highest BCUT2D eigenvalue weighted by Gasteiger charge is 2.48. The van der Waals surface area contributed by atoms with Crippen LogP contribution >= 0.6 is 0 Å². The first-order valence-electron chi connectivity index (χ1n) is 9.19. The summed E-state index contributed by atoms with van der Waals surface area (Å²) in [6, 6.07) is 0. The minimum atomic E-state index is -0.928. The Morgan fingerprint density at radius 2 is 1.04 bits per heavy atom. The average molecular weight is 370 g/mol. The quantitative estimate of drug-likeness (QED) is 0.560. The SMILES string of the molecule is O=C(O)CCCC(=O)O[C@@H]1CC[C@H]2[C@@H]1CC[C@H]2OC(=O)CCCC(=O)O. The van der Waals surface area contributed by atoms with Crippen LogP contribution in [-0.2, 0) is 28.7 Å². The lowest BCUT2D eigenvalue weighted by molar-refractivity contribution is -0.154.